The zero-order valence-corrected chi connectivity index (χ0v) is 11.0. The van der Waals surface area contributed by atoms with Crippen LogP contribution in [0.5, 0.6) is 0 Å². The predicted molar refractivity (Wildman–Crippen MR) is 73.7 cm³/mol. The molecular weight excluding hydrogens is 282 g/mol. The van der Waals surface area contributed by atoms with Gasteiger partial charge in [-0.2, -0.15) is 0 Å². The molecule has 1 heterocycles. The number of hydrogen-bond acceptors (Lipinski definition) is 5. The summed E-state index contributed by atoms with van der Waals surface area (Å²) in [4.78, 5) is 13.8. The van der Waals surface area contributed by atoms with E-state index in [0.29, 0.717) is 11.6 Å². The number of rotatable bonds is 4. The summed E-state index contributed by atoms with van der Waals surface area (Å²) in [7, 11) is 0. The molecule has 3 N–H and O–H groups in total. The van der Waals surface area contributed by atoms with Gasteiger partial charge < -0.3 is 11.1 Å². The summed E-state index contributed by atoms with van der Waals surface area (Å²) in [6, 6.07) is 5.92. The van der Waals surface area contributed by atoms with E-state index in [4.69, 9.17) is 5.73 Å². The number of nitro groups is 1. The summed E-state index contributed by atoms with van der Waals surface area (Å²) >= 11 is 0. The summed E-state index contributed by atoms with van der Waals surface area (Å²) in [6.45, 7) is 1.71. The zero-order chi connectivity index (χ0) is 15.6. The monoisotopic (exact) mass is 294 g/mol. The Morgan fingerprint density at radius 3 is 2.52 bits per heavy atom. The molecule has 8 heteroatoms. The maximum Gasteiger partial charge on any atom is 0.314 e. The van der Waals surface area contributed by atoms with E-state index in [1.807, 2.05) is 0 Å². The molecule has 6 nitrogen and oxygen atoms in total. The second-order valence-corrected chi connectivity index (χ2v) is 4.40. The first-order valence-electron chi connectivity index (χ1n) is 6.01. The number of benzene rings is 1. The highest BCUT2D eigenvalue weighted by Gasteiger charge is 2.21. The Morgan fingerprint density at radius 2 is 1.95 bits per heavy atom. The molecule has 0 aliphatic rings. The van der Waals surface area contributed by atoms with Crippen molar-refractivity contribution in [2.45, 2.75) is 13.0 Å². The van der Waals surface area contributed by atoms with Crippen LogP contribution in [0.15, 0.2) is 30.3 Å². The molecular formula is C13H12F2N4O2. The molecule has 0 bridgehead atoms. The summed E-state index contributed by atoms with van der Waals surface area (Å²) in [5.74, 6) is -1.92. The molecule has 0 saturated carbocycles. The Bertz CT molecular complexity index is 677. The first kappa shape index (κ1) is 14.6. The van der Waals surface area contributed by atoms with Crippen molar-refractivity contribution in [1.29, 1.82) is 0 Å². The number of hydrogen-bond donors (Lipinski definition) is 2. The van der Waals surface area contributed by atoms with Gasteiger partial charge in [-0.25, -0.2) is 13.8 Å². The van der Waals surface area contributed by atoms with E-state index in [1.54, 1.807) is 6.92 Å². The van der Waals surface area contributed by atoms with Crippen LogP contribution in [0.1, 0.15) is 18.5 Å². The molecule has 2 aromatic rings. The normalized spacial score (nSPS) is 12.0. The molecule has 0 fully saturated rings. The number of aromatic nitrogens is 1. The third-order valence-electron chi connectivity index (χ3n) is 2.90. The van der Waals surface area contributed by atoms with Crippen LogP contribution in [0.25, 0.3) is 0 Å². The van der Waals surface area contributed by atoms with E-state index in [9.17, 15) is 18.9 Å². The molecule has 0 radical (unpaired) electrons. The fourth-order valence-electron chi connectivity index (χ4n) is 1.78. The third-order valence-corrected chi connectivity index (χ3v) is 2.90. The van der Waals surface area contributed by atoms with E-state index in [2.05, 4.69) is 10.3 Å². The van der Waals surface area contributed by atoms with Gasteiger partial charge in [-0.1, -0.05) is 12.1 Å². The van der Waals surface area contributed by atoms with E-state index in [-0.39, 0.29) is 11.6 Å². The first-order valence-corrected chi connectivity index (χ1v) is 6.01. The van der Waals surface area contributed by atoms with Gasteiger partial charge in [0.15, 0.2) is 11.6 Å². The van der Waals surface area contributed by atoms with Gasteiger partial charge in [-0.05, 0) is 24.6 Å². The van der Waals surface area contributed by atoms with E-state index < -0.39 is 28.3 Å². The zero-order valence-electron chi connectivity index (χ0n) is 11.0. The van der Waals surface area contributed by atoms with Crippen LogP contribution >= 0.6 is 0 Å². The highest BCUT2D eigenvalue weighted by atomic mass is 19.1. The number of nitrogens with one attached hydrogen (secondary N) is 1. The minimum Gasteiger partial charge on any atom is -0.381 e. The van der Waals surface area contributed by atoms with Crippen molar-refractivity contribution in [2.75, 3.05) is 11.1 Å². The van der Waals surface area contributed by atoms with Gasteiger partial charge in [0.05, 0.1) is 17.0 Å². The lowest BCUT2D eigenvalue weighted by Gasteiger charge is -2.15. The molecule has 1 aromatic carbocycles. The van der Waals surface area contributed by atoms with Crippen LogP contribution in [0.3, 0.4) is 0 Å². The number of nitrogens with two attached hydrogens (primary N) is 1. The Balaban J connectivity index is 2.32. The molecule has 110 valence electrons. The van der Waals surface area contributed by atoms with Gasteiger partial charge in [0.2, 0.25) is 5.82 Å². The fourth-order valence-corrected chi connectivity index (χ4v) is 1.78. The largest absolute Gasteiger partial charge is 0.381 e. The lowest BCUT2D eigenvalue weighted by Crippen LogP contribution is -2.11. The smallest absolute Gasteiger partial charge is 0.314 e. The maximum atomic E-state index is 13.3. The fraction of sp³-hybridized carbons (Fsp3) is 0.154. The van der Waals surface area contributed by atoms with Crippen LogP contribution in [-0.2, 0) is 0 Å². The van der Waals surface area contributed by atoms with Gasteiger partial charge in [0.25, 0.3) is 0 Å². The van der Waals surface area contributed by atoms with Crippen molar-refractivity contribution in [3.05, 3.63) is 57.6 Å². The summed E-state index contributed by atoms with van der Waals surface area (Å²) in [5, 5.41) is 13.7. The predicted octanol–water partition coefficient (Wildman–Crippen LogP) is 3.02. The van der Waals surface area contributed by atoms with Crippen molar-refractivity contribution in [3.8, 4) is 0 Å². The minimum absolute atomic E-state index is 0.143. The molecule has 0 spiro atoms. The van der Waals surface area contributed by atoms with E-state index in [1.165, 1.54) is 24.3 Å². The SMILES string of the molecule is CC(Nc1nc(N)c(F)cc1[N+](=O)[O-])c1ccc(F)cc1. The number of nitrogens with zero attached hydrogens (tertiary/aromatic N) is 2. The second kappa shape index (κ2) is 5.70. The van der Waals surface area contributed by atoms with Crippen molar-refractivity contribution in [3.63, 3.8) is 0 Å². The molecule has 0 saturated heterocycles. The molecule has 1 atom stereocenters. The average Bonchev–Trinajstić information content (AvgIpc) is 2.43. The maximum absolute atomic E-state index is 13.3. The molecule has 1 unspecified atom stereocenters. The second-order valence-electron chi connectivity index (χ2n) is 4.40. The number of nitrogen functional groups attached to an aromatic ring is 1. The lowest BCUT2D eigenvalue weighted by molar-refractivity contribution is -0.384. The van der Waals surface area contributed by atoms with Gasteiger partial charge in [0.1, 0.15) is 5.82 Å². The highest BCUT2D eigenvalue weighted by Crippen LogP contribution is 2.28. The summed E-state index contributed by atoms with van der Waals surface area (Å²) in [6.07, 6.45) is 0. The van der Waals surface area contributed by atoms with Gasteiger partial charge in [-0.15, -0.1) is 0 Å². The Morgan fingerprint density at radius 1 is 1.33 bits per heavy atom. The molecule has 2 rings (SSSR count). The standard InChI is InChI=1S/C13H12F2N4O2/c1-7(8-2-4-9(14)5-3-8)17-13-11(19(20)21)6-10(15)12(16)18-13/h2-7H,1H3,(H3,16,17,18). The van der Waals surface area contributed by atoms with Crippen molar-refractivity contribution < 1.29 is 13.7 Å². The van der Waals surface area contributed by atoms with Gasteiger partial charge in [0, 0.05) is 0 Å². The minimum atomic E-state index is -0.957. The van der Waals surface area contributed by atoms with Crippen LogP contribution in [0.2, 0.25) is 0 Å². The van der Waals surface area contributed by atoms with Crippen molar-refractivity contribution in [2.24, 2.45) is 0 Å². The van der Waals surface area contributed by atoms with Crippen LogP contribution in [0, 0.1) is 21.7 Å². The van der Waals surface area contributed by atoms with E-state index in [0.717, 1.165) is 0 Å². The quantitative estimate of drug-likeness (QED) is 0.667. The van der Waals surface area contributed by atoms with Gasteiger partial charge >= 0.3 is 5.69 Å². The molecule has 21 heavy (non-hydrogen) atoms. The third kappa shape index (κ3) is 3.22. The Hall–Kier alpha value is -2.77. The lowest BCUT2D eigenvalue weighted by atomic mass is 10.1. The average molecular weight is 294 g/mol. The van der Waals surface area contributed by atoms with E-state index >= 15 is 0 Å². The Labute approximate surface area is 118 Å². The summed E-state index contributed by atoms with van der Waals surface area (Å²) in [5.41, 5.74) is 5.50. The Kier molecular flexibility index (Phi) is 3.97. The number of halogens is 2. The van der Waals surface area contributed by atoms with Crippen LogP contribution in [0.4, 0.5) is 26.1 Å². The first-order chi connectivity index (χ1) is 9.88. The molecule has 0 aliphatic heterocycles. The van der Waals surface area contributed by atoms with Gasteiger partial charge in [-0.3, -0.25) is 10.1 Å². The van der Waals surface area contributed by atoms with Crippen molar-refractivity contribution >= 4 is 17.3 Å². The van der Waals surface area contributed by atoms with Crippen LogP contribution < -0.4 is 11.1 Å². The molecule has 0 aliphatic carbocycles. The molecule has 1 aromatic heterocycles. The van der Waals surface area contributed by atoms with Crippen LogP contribution in [-0.4, -0.2) is 9.91 Å². The highest BCUT2D eigenvalue weighted by molar-refractivity contribution is 5.60. The number of pyridine rings is 1. The topological polar surface area (TPSA) is 94.1 Å². The van der Waals surface area contributed by atoms with Crippen molar-refractivity contribution in [1.82, 2.24) is 4.98 Å². The summed E-state index contributed by atoms with van der Waals surface area (Å²) < 4.78 is 26.1. The number of anilines is 2. The molecule has 0 amide bonds.